The number of rotatable bonds is 5. The fraction of sp³-hybridized carbons (Fsp3) is 0.158. The third-order valence-corrected chi connectivity index (χ3v) is 5.52. The number of benzene rings is 2. The number of hydrogen-bond donors (Lipinski definition) is 1. The Morgan fingerprint density at radius 1 is 1.12 bits per heavy atom. The number of nitrogens with zero attached hydrogens (tertiary/aromatic N) is 1. The number of methoxy groups -OCH3 is 1. The number of pyridine rings is 1. The standard InChI is InChI=1S/C19H18N2O4S/c1-13-5-10-17(16-4-3-11-20-18(13)16)26(23,24)21-12-14-6-8-15(9-7-14)19(22)25-2/h3-11,21H,12H2,1-2H3. The molecule has 1 N–H and O–H groups in total. The number of esters is 1. The van der Waals surface area contributed by atoms with Crippen molar-refractivity contribution in [1.82, 2.24) is 9.71 Å². The first-order valence-corrected chi connectivity index (χ1v) is 9.42. The lowest BCUT2D eigenvalue weighted by molar-refractivity contribution is 0.0600. The number of carbonyl (C=O) groups is 1. The molecule has 0 radical (unpaired) electrons. The lowest BCUT2D eigenvalue weighted by Crippen LogP contribution is -2.23. The quantitative estimate of drug-likeness (QED) is 0.698. The number of sulfonamides is 1. The van der Waals surface area contributed by atoms with Gasteiger partial charge in [0.15, 0.2) is 0 Å². The van der Waals surface area contributed by atoms with E-state index in [1.807, 2.05) is 6.92 Å². The molecule has 0 aliphatic rings. The largest absolute Gasteiger partial charge is 0.465 e. The fourth-order valence-corrected chi connectivity index (χ4v) is 3.87. The molecule has 0 bridgehead atoms. The van der Waals surface area contributed by atoms with E-state index < -0.39 is 16.0 Å². The Labute approximate surface area is 151 Å². The third-order valence-electron chi connectivity index (χ3n) is 4.06. The Morgan fingerprint density at radius 3 is 2.54 bits per heavy atom. The first kappa shape index (κ1) is 18.0. The minimum absolute atomic E-state index is 0.111. The van der Waals surface area contributed by atoms with Crippen molar-refractivity contribution in [3.63, 3.8) is 0 Å². The zero-order chi connectivity index (χ0) is 18.7. The van der Waals surface area contributed by atoms with Gasteiger partial charge in [0.25, 0.3) is 0 Å². The summed E-state index contributed by atoms with van der Waals surface area (Å²) in [5.41, 5.74) is 2.72. The van der Waals surface area contributed by atoms with Crippen LogP contribution in [0.5, 0.6) is 0 Å². The first-order chi connectivity index (χ1) is 12.4. The van der Waals surface area contributed by atoms with Crippen molar-refractivity contribution in [2.24, 2.45) is 0 Å². The number of hydrogen-bond acceptors (Lipinski definition) is 5. The number of carbonyl (C=O) groups excluding carboxylic acids is 1. The second kappa shape index (κ2) is 7.23. The fourth-order valence-electron chi connectivity index (χ4n) is 2.65. The van der Waals surface area contributed by atoms with Crippen LogP contribution in [0.4, 0.5) is 0 Å². The highest BCUT2D eigenvalue weighted by molar-refractivity contribution is 7.89. The summed E-state index contributed by atoms with van der Waals surface area (Å²) in [6.45, 7) is 2.00. The van der Waals surface area contributed by atoms with Gasteiger partial charge >= 0.3 is 5.97 Å². The number of fused-ring (bicyclic) bond motifs is 1. The van der Waals surface area contributed by atoms with E-state index in [1.165, 1.54) is 7.11 Å². The molecule has 0 saturated heterocycles. The molecule has 0 unspecified atom stereocenters. The predicted octanol–water partition coefficient (Wildman–Crippen LogP) is 2.81. The third kappa shape index (κ3) is 3.58. The van der Waals surface area contributed by atoms with Crippen LogP contribution < -0.4 is 4.72 Å². The topological polar surface area (TPSA) is 85.4 Å². The lowest BCUT2D eigenvalue weighted by Gasteiger charge is -2.11. The molecule has 7 heteroatoms. The van der Waals surface area contributed by atoms with Gasteiger partial charge in [0.2, 0.25) is 10.0 Å². The minimum Gasteiger partial charge on any atom is -0.465 e. The first-order valence-electron chi connectivity index (χ1n) is 7.93. The van der Waals surface area contributed by atoms with Crippen molar-refractivity contribution >= 4 is 26.9 Å². The molecule has 2 aromatic carbocycles. The minimum atomic E-state index is -3.71. The molecule has 1 aromatic heterocycles. The summed E-state index contributed by atoms with van der Waals surface area (Å²) in [4.78, 5) is 15.9. The normalized spacial score (nSPS) is 11.5. The van der Waals surface area contributed by atoms with Crippen LogP contribution in [0, 0.1) is 6.92 Å². The Balaban J connectivity index is 1.84. The molecule has 1 heterocycles. The second-order valence-electron chi connectivity index (χ2n) is 5.79. The van der Waals surface area contributed by atoms with Gasteiger partial charge in [0, 0.05) is 18.1 Å². The predicted molar refractivity (Wildman–Crippen MR) is 98.3 cm³/mol. The van der Waals surface area contributed by atoms with Gasteiger partial charge in [-0.1, -0.05) is 18.2 Å². The number of ether oxygens (including phenoxy) is 1. The number of nitrogens with one attached hydrogen (secondary N) is 1. The van der Waals surface area contributed by atoms with Gasteiger partial charge in [0.1, 0.15) is 0 Å². The summed E-state index contributed by atoms with van der Waals surface area (Å²) >= 11 is 0. The molecule has 3 aromatic rings. The lowest BCUT2D eigenvalue weighted by atomic mass is 10.1. The van der Waals surface area contributed by atoms with Crippen molar-refractivity contribution < 1.29 is 17.9 Å². The van der Waals surface area contributed by atoms with Crippen LogP contribution in [0.3, 0.4) is 0 Å². The zero-order valence-electron chi connectivity index (χ0n) is 14.4. The van der Waals surface area contributed by atoms with Crippen molar-refractivity contribution in [2.45, 2.75) is 18.4 Å². The monoisotopic (exact) mass is 370 g/mol. The van der Waals surface area contributed by atoms with Crippen LogP contribution in [0.1, 0.15) is 21.5 Å². The van der Waals surface area contributed by atoms with E-state index in [4.69, 9.17) is 0 Å². The highest BCUT2D eigenvalue weighted by atomic mass is 32.2. The van der Waals surface area contributed by atoms with Gasteiger partial charge in [-0.25, -0.2) is 17.9 Å². The Hall–Kier alpha value is -2.77. The summed E-state index contributed by atoms with van der Waals surface area (Å²) in [5, 5.41) is 0.584. The van der Waals surface area contributed by atoms with E-state index in [1.54, 1.807) is 54.7 Å². The van der Waals surface area contributed by atoms with Crippen LogP contribution >= 0.6 is 0 Å². The zero-order valence-corrected chi connectivity index (χ0v) is 15.2. The summed E-state index contributed by atoms with van der Waals surface area (Å²) in [7, 11) is -2.40. The van der Waals surface area contributed by atoms with Gasteiger partial charge in [0.05, 0.1) is 23.1 Å². The average Bonchev–Trinajstić information content (AvgIpc) is 2.66. The molecule has 0 aliphatic heterocycles. The van der Waals surface area contributed by atoms with Crippen LogP contribution in [0.25, 0.3) is 10.9 Å². The molecular weight excluding hydrogens is 352 g/mol. The highest BCUT2D eigenvalue weighted by Crippen LogP contribution is 2.24. The molecule has 0 fully saturated rings. The maximum atomic E-state index is 12.7. The Bertz CT molecular complexity index is 1060. The summed E-state index contributed by atoms with van der Waals surface area (Å²) < 4.78 is 32.7. The molecule has 3 rings (SSSR count). The maximum Gasteiger partial charge on any atom is 0.337 e. The molecule has 134 valence electrons. The molecule has 0 spiro atoms. The van der Waals surface area contributed by atoms with Gasteiger partial charge in [-0.15, -0.1) is 0 Å². The van der Waals surface area contributed by atoms with Gasteiger partial charge in [-0.2, -0.15) is 0 Å². The van der Waals surface area contributed by atoms with Gasteiger partial charge in [-0.3, -0.25) is 4.98 Å². The van der Waals surface area contributed by atoms with E-state index in [2.05, 4.69) is 14.4 Å². The molecule has 6 nitrogen and oxygen atoms in total. The number of aromatic nitrogens is 1. The van der Waals surface area contributed by atoms with Crippen LogP contribution in [-0.4, -0.2) is 26.5 Å². The van der Waals surface area contributed by atoms with E-state index >= 15 is 0 Å². The number of aryl methyl sites for hydroxylation is 1. The molecular formula is C19H18N2O4S. The van der Waals surface area contributed by atoms with Crippen LogP contribution in [0.2, 0.25) is 0 Å². The van der Waals surface area contributed by atoms with Crippen LogP contribution in [0.15, 0.2) is 59.6 Å². The highest BCUT2D eigenvalue weighted by Gasteiger charge is 2.18. The van der Waals surface area contributed by atoms with Crippen molar-refractivity contribution in [2.75, 3.05) is 7.11 Å². The molecule has 0 atom stereocenters. The average molecular weight is 370 g/mol. The Kier molecular flexibility index (Phi) is 5.01. The molecule has 0 amide bonds. The summed E-state index contributed by atoms with van der Waals surface area (Å²) in [5.74, 6) is -0.434. The van der Waals surface area contributed by atoms with Gasteiger partial charge < -0.3 is 4.74 Å². The van der Waals surface area contributed by atoms with E-state index in [0.717, 1.165) is 11.1 Å². The van der Waals surface area contributed by atoms with Crippen molar-refractivity contribution in [3.05, 3.63) is 71.4 Å². The smallest absolute Gasteiger partial charge is 0.337 e. The SMILES string of the molecule is COC(=O)c1ccc(CNS(=O)(=O)c2ccc(C)c3ncccc23)cc1. The summed E-state index contributed by atoms with van der Waals surface area (Å²) in [6, 6.07) is 13.4. The Morgan fingerprint density at radius 2 is 1.85 bits per heavy atom. The molecule has 0 aliphatic carbocycles. The maximum absolute atomic E-state index is 12.7. The van der Waals surface area contributed by atoms with E-state index in [9.17, 15) is 13.2 Å². The molecule has 0 saturated carbocycles. The van der Waals surface area contributed by atoms with Crippen molar-refractivity contribution in [1.29, 1.82) is 0 Å². The van der Waals surface area contributed by atoms with E-state index in [0.29, 0.717) is 16.5 Å². The molecule has 26 heavy (non-hydrogen) atoms. The second-order valence-corrected chi connectivity index (χ2v) is 7.53. The summed E-state index contributed by atoms with van der Waals surface area (Å²) in [6.07, 6.45) is 1.64. The van der Waals surface area contributed by atoms with Crippen LogP contribution in [-0.2, 0) is 21.3 Å². The van der Waals surface area contributed by atoms with Gasteiger partial charge in [-0.05, 0) is 48.4 Å². The van der Waals surface area contributed by atoms with Crippen molar-refractivity contribution in [3.8, 4) is 0 Å². The van der Waals surface area contributed by atoms with E-state index in [-0.39, 0.29) is 11.4 Å².